The van der Waals surface area contributed by atoms with Crippen LogP contribution in [0.15, 0.2) is 11.8 Å². The molecular weight excluding hydrogens is 418 g/mol. The lowest BCUT2D eigenvalue weighted by Gasteiger charge is -2.21. The minimum atomic E-state index is -0.927. The van der Waals surface area contributed by atoms with Crippen LogP contribution in [0, 0.1) is 0 Å². The quantitative estimate of drug-likeness (QED) is 0.103. The number of ether oxygens (including phenoxy) is 2. The number of carbonyl (C=O) groups excluding carboxylic acids is 3. The van der Waals surface area contributed by atoms with Crippen molar-refractivity contribution in [3.63, 3.8) is 0 Å². The van der Waals surface area contributed by atoms with Crippen LogP contribution in [0.2, 0.25) is 0 Å². The van der Waals surface area contributed by atoms with Crippen molar-refractivity contribution in [2.75, 3.05) is 32.8 Å². The average Bonchev–Trinajstić information content (AvgIpc) is 2.75. The van der Waals surface area contributed by atoms with E-state index in [1.54, 1.807) is 6.08 Å². The number of hydrogen-bond acceptors (Lipinski definition) is 9. The number of nitrogens with two attached hydrogens (primary N) is 5. The van der Waals surface area contributed by atoms with Gasteiger partial charge in [0.05, 0.1) is 17.8 Å². The van der Waals surface area contributed by atoms with Gasteiger partial charge in [0.2, 0.25) is 0 Å². The summed E-state index contributed by atoms with van der Waals surface area (Å²) in [4.78, 5) is 35.4. The van der Waals surface area contributed by atoms with E-state index in [4.69, 9.17) is 38.1 Å². The number of primary amides is 1. The highest BCUT2D eigenvalue weighted by molar-refractivity contribution is 5.92. The molecule has 186 valence electrons. The summed E-state index contributed by atoms with van der Waals surface area (Å²) in [6.07, 6.45) is 5.45. The molecule has 32 heavy (non-hydrogen) atoms. The molecule has 0 bridgehead atoms. The number of alkyl carbamates (subject to hydrolysis) is 1. The first-order valence-corrected chi connectivity index (χ1v) is 11.1. The standard InChI is InChI=1S/C20H41N7O5/c21-10-4-1-7-15(26-18(28)17(24)9-3-6-12-23)14-32-20(30)27-16(8-2-5-11-22)13-31-19(25)29/h9,15-16H,1-8,10-14,21-24H2,(H2,25,29)(H,26,28)(H,27,30)/b17-9+/t15-,16+/m0/s1. The number of carbonyl (C=O) groups is 3. The lowest BCUT2D eigenvalue weighted by Crippen LogP contribution is -2.44. The number of hydrogen-bond donors (Lipinski definition) is 7. The molecule has 0 aliphatic heterocycles. The summed E-state index contributed by atoms with van der Waals surface area (Å²) in [6, 6.07) is -0.897. The molecular formula is C20H41N7O5. The number of rotatable bonds is 18. The molecule has 0 aromatic heterocycles. The van der Waals surface area contributed by atoms with Crippen molar-refractivity contribution in [2.45, 2.75) is 63.5 Å². The normalized spacial score (nSPS) is 13.2. The highest BCUT2D eigenvalue weighted by Crippen LogP contribution is 2.05. The molecule has 0 fully saturated rings. The van der Waals surface area contributed by atoms with Crippen molar-refractivity contribution >= 4 is 18.1 Å². The molecule has 0 aromatic carbocycles. The van der Waals surface area contributed by atoms with E-state index in [1.807, 2.05) is 0 Å². The van der Waals surface area contributed by atoms with Crippen LogP contribution < -0.4 is 39.3 Å². The Hall–Kier alpha value is -2.57. The predicted molar refractivity (Wildman–Crippen MR) is 122 cm³/mol. The van der Waals surface area contributed by atoms with Crippen LogP contribution in [-0.4, -0.2) is 63.0 Å². The van der Waals surface area contributed by atoms with E-state index in [1.165, 1.54) is 0 Å². The van der Waals surface area contributed by atoms with Gasteiger partial charge in [-0.3, -0.25) is 4.79 Å². The molecule has 12 nitrogen and oxygen atoms in total. The minimum Gasteiger partial charge on any atom is -0.448 e. The largest absolute Gasteiger partial charge is 0.448 e. The van der Waals surface area contributed by atoms with E-state index in [0.717, 1.165) is 32.1 Å². The molecule has 0 aliphatic rings. The highest BCUT2D eigenvalue weighted by Gasteiger charge is 2.19. The summed E-state index contributed by atoms with van der Waals surface area (Å²) in [5.74, 6) is -0.432. The second-order valence-electron chi connectivity index (χ2n) is 7.40. The zero-order valence-corrected chi connectivity index (χ0v) is 18.9. The van der Waals surface area contributed by atoms with Gasteiger partial charge >= 0.3 is 12.2 Å². The van der Waals surface area contributed by atoms with Crippen LogP contribution in [0.3, 0.4) is 0 Å². The SMILES string of the molecule is NCCC/C=C(/N)C(=O)N[C@@H](CCCCN)COC(=O)N[C@H](CCCCN)COC(N)=O. The third-order valence-electron chi connectivity index (χ3n) is 4.55. The molecule has 0 unspecified atom stereocenters. The summed E-state index contributed by atoms with van der Waals surface area (Å²) in [6.45, 7) is 1.42. The monoisotopic (exact) mass is 459 g/mol. The van der Waals surface area contributed by atoms with Gasteiger partial charge < -0.3 is 48.8 Å². The fraction of sp³-hybridized carbons (Fsp3) is 0.750. The Balaban J connectivity index is 4.77. The molecule has 0 heterocycles. The molecule has 12 heteroatoms. The zero-order valence-electron chi connectivity index (χ0n) is 18.9. The van der Waals surface area contributed by atoms with Gasteiger partial charge in [0, 0.05) is 0 Å². The number of unbranched alkanes of at least 4 members (excludes halogenated alkanes) is 3. The molecule has 0 saturated heterocycles. The van der Waals surface area contributed by atoms with Gasteiger partial charge in [0.1, 0.15) is 13.2 Å². The molecule has 12 N–H and O–H groups in total. The summed E-state index contributed by atoms with van der Waals surface area (Å²) in [5.41, 5.74) is 27.4. The Labute approximate surface area is 189 Å². The van der Waals surface area contributed by atoms with Crippen LogP contribution in [0.25, 0.3) is 0 Å². The van der Waals surface area contributed by atoms with Crippen molar-refractivity contribution < 1.29 is 23.9 Å². The van der Waals surface area contributed by atoms with E-state index in [9.17, 15) is 14.4 Å². The lowest BCUT2D eigenvalue weighted by molar-refractivity contribution is -0.118. The maximum absolute atomic E-state index is 12.3. The summed E-state index contributed by atoms with van der Waals surface area (Å²) < 4.78 is 10.1. The average molecular weight is 460 g/mol. The molecule has 0 rings (SSSR count). The van der Waals surface area contributed by atoms with E-state index in [0.29, 0.717) is 38.9 Å². The first-order chi connectivity index (χ1) is 15.3. The smallest absolute Gasteiger partial charge is 0.407 e. The summed E-state index contributed by atoms with van der Waals surface area (Å²) in [5, 5.41) is 5.43. The maximum atomic E-state index is 12.3. The van der Waals surface area contributed by atoms with Gasteiger partial charge in [-0.05, 0) is 58.2 Å². The van der Waals surface area contributed by atoms with Crippen molar-refractivity contribution in [3.05, 3.63) is 11.8 Å². The molecule has 0 spiro atoms. The van der Waals surface area contributed by atoms with Gasteiger partial charge in [-0.2, -0.15) is 0 Å². The fourth-order valence-electron chi connectivity index (χ4n) is 2.77. The van der Waals surface area contributed by atoms with Crippen molar-refractivity contribution in [2.24, 2.45) is 28.7 Å². The fourth-order valence-corrected chi connectivity index (χ4v) is 2.77. The Kier molecular flexibility index (Phi) is 17.6. The first kappa shape index (κ1) is 29.4. The van der Waals surface area contributed by atoms with Crippen LogP contribution in [0.4, 0.5) is 9.59 Å². The topological polar surface area (TPSA) is 224 Å². The molecule has 0 aliphatic carbocycles. The third kappa shape index (κ3) is 16.2. The Morgan fingerprint density at radius 1 is 0.750 bits per heavy atom. The van der Waals surface area contributed by atoms with Gasteiger partial charge in [-0.25, -0.2) is 9.59 Å². The third-order valence-corrected chi connectivity index (χ3v) is 4.55. The Bertz CT molecular complexity index is 575. The van der Waals surface area contributed by atoms with Crippen LogP contribution in [0.1, 0.15) is 51.4 Å². The highest BCUT2D eigenvalue weighted by atomic mass is 16.6. The summed E-state index contributed by atoms with van der Waals surface area (Å²) >= 11 is 0. The van der Waals surface area contributed by atoms with E-state index < -0.39 is 30.2 Å². The number of nitrogens with one attached hydrogen (secondary N) is 2. The van der Waals surface area contributed by atoms with Gasteiger partial charge in [-0.15, -0.1) is 0 Å². The molecule has 0 radical (unpaired) electrons. The Morgan fingerprint density at radius 3 is 1.81 bits per heavy atom. The second kappa shape index (κ2) is 19.1. The lowest BCUT2D eigenvalue weighted by atomic mass is 10.1. The van der Waals surface area contributed by atoms with Crippen molar-refractivity contribution in [1.29, 1.82) is 0 Å². The van der Waals surface area contributed by atoms with Crippen LogP contribution in [-0.2, 0) is 14.3 Å². The molecule has 0 saturated carbocycles. The van der Waals surface area contributed by atoms with Gasteiger partial charge in [0.15, 0.2) is 0 Å². The van der Waals surface area contributed by atoms with E-state index in [2.05, 4.69) is 10.6 Å². The number of allylic oxidation sites excluding steroid dienone is 1. The van der Waals surface area contributed by atoms with Gasteiger partial charge in [0.25, 0.3) is 5.91 Å². The predicted octanol–water partition coefficient (Wildman–Crippen LogP) is -0.499. The zero-order chi connectivity index (χ0) is 24.2. The van der Waals surface area contributed by atoms with Crippen LogP contribution >= 0.6 is 0 Å². The van der Waals surface area contributed by atoms with E-state index >= 15 is 0 Å². The minimum absolute atomic E-state index is 0.0512. The summed E-state index contributed by atoms with van der Waals surface area (Å²) in [7, 11) is 0. The second-order valence-corrected chi connectivity index (χ2v) is 7.40. The van der Waals surface area contributed by atoms with E-state index in [-0.39, 0.29) is 18.9 Å². The molecule has 3 amide bonds. The van der Waals surface area contributed by atoms with Crippen molar-refractivity contribution in [3.8, 4) is 0 Å². The Morgan fingerprint density at radius 2 is 1.28 bits per heavy atom. The molecule has 2 atom stereocenters. The maximum Gasteiger partial charge on any atom is 0.407 e. The van der Waals surface area contributed by atoms with Gasteiger partial charge in [-0.1, -0.05) is 18.9 Å². The number of amides is 3. The molecule has 0 aromatic rings. The van der Waals surface area contributed by atoms with Crippen molar-refractivity contribution in [1.82, 2.24) is 10.6 Å². The van der Waals surface area contributed by atoms with Crippen LogP contribution in [0.5, 0.6) is 0 Å². The first-order valence-electron chi connectivity index (χ1n) is 11.1.